The number of nitrogens with one attached hydrogen (secondary N) is 1. The number of alkyl halides is 3. The van der Waals surface area contributed by atoms with Crippen LogP contribution >= 0.6 is 0 Å². The van der Waals surface area contributed by atoms with Gasteiger partial charge in [-0.3, -0.25) is 4.79 Å². The van der Waals surface area contributed by atoms with Gasteiger partial charge in [0.2, 0.25) is 5.91 Å². The molecule has 1 amide bonds. The summed E-state index contributed by atoms with van der Waals surface area (Å²) in [6.07, 6.45) is -3.44. The highest BCUT2D eigenvalue weighted by atomic mass is 19.4. The van der Waals surface area contributed by atoms with Crippen molar-refractivity contribution < 1.29 is 18.0 Å². The first kappa shape index (κ1) is 17.3. The van der Waals surface area contributed by atoms with Gasteiger partial charge in [-0.05, 0) is 38.5 Å². The summed E-state index contributed by atoms with van der Waals surface area (Å²) in [5, 5.41) is 2.92. The van der Waals surface area contributed by atoms with Gasteiger partial charge in [0.05, 0.1) is 11.5 Å². The number of rotatable bonds is 4. The van der Waals surface area contributed by atoms with E-state index in [9.17, 15) is 18.0 Å². The molecule has 1 aliphatic rings. The topological polar surface area (TPSA) is 55.1 Å². The quantitative estimate of drug-likeness (QED) is 0.837. The number of nitrogens with two attached hydrogens (primary N) is 1. The second-order valence-electron chi connectivity index (χ2n) is 6.36. The van der Waals surface area contributed by atoms with Crippen LogP contribution in [0.5, 0.6) is 0 Å². The number of hydrogen-bond acceptors (Lipinski definition) is 2. The molecule has 0 aromatic carbocycles. The van der Waals surface area contributed by atoms with Crippen LogP contribution in [-0.2, 0) is 4.79 Å². The molecule has 1 rings (SSSR count). The Balaban J connectivity index is 2.55. The zero-order valence-electron chi connectivity index (χ0n) is 12.4. The van der Waals surface area contributed by atoms with E-state index < -0.39 is 17.6 Å². The summed E-state index contributed by atoms with van der Waals surface area (Å²) in [5.74, 6) is -1.56. The summed E-state index contributed by atoms with van der Waals surface area (Å²) < 4.78 is 37.8. The molecule has 118 valence electrons. The molecule has 0 heterocycles. The summed E-state index contributed by atoms with van der Waals surface area (Å²) in [5.41, 5.74) is 5.20. The molecule has 0 aliphatic heterocycles. The van der Waals surface area contributed by atoms with Gasteiger partial charge in [0.1, 0.15) is 0 Å². The van der Waals surface area contributed by atoms with Crippen LogP contribution in [0.15, 0.2) is 0 Å². The first-order valence-electron chi connectivity index (χ1n) is 7.19. The lowest BCUT2D eigenvalue weighted by molar-refractivity contribution is -0.184. The lowest BCUT2D eigenvalue weighted by atomic mass is 9.80. The molecule has 0 spiro atoms. The summed E-state index contributed by atoms with van der Waals surface area (Å²) in [7, 11) is 0. The first-order chi connectivity index (χ1) is 9.10. The van der Waals surface area contributed by atoms with Crippen molar-refractivity contribution in [2.75, 3.05) is 6.54 Å². The predicted octanol–water partition coefficient (Wildman–Crippen LogP) is 2.84. The van der Waals surface area contributed by atoms with Crippen molar-refractivity contribution >= 4 is 5.91 Å². The van der Waals surface area contributed by atoms with Crippen LogP contribution in [0.1, 0.15) is 46.5 Å². The maximum Gasteiger partial charge on any atom is 0.391 e. The van der Waals surface area contributed by atoms with E-state index in [2.05, 4.69) is 5.32 Å². The Morgan fingerprint density at radius 3 is 2.10 bits per heavy atom. The summed E-state index contributed by atoms with van der Waals surface area (Å²) in [6, 6.07) is 0. The average molecular weight is 294 g/mol. The minimum atomic E-state index is -4.13. The first-order valence-corrected chi connectivity index (χ1v) is 7.19. The van der Waals surface area contributed by atoms with Crippen LogP contribution in [0, 0.1) is 17.8 Å². The third-order valence-electron chi connectivity index (χ3n) is 4.67. The molecule has 0 bridgehead atoms. The number of amides is 1. The number of hydrogen-bond donors (Lipinski definition) is 2. The second kappa shape index (κ2) is 6.33. The van der Waals surface area contributed by atoms with Crippen LogP contribution in [0.4, 0.5) is 13.2 Å². The van der Waals surface area contributed by atoms with Crippen molar-refractivity contribution in [1.82, 2.24) is 5.32 Å². The molecule has 1 saturated carbocycles. The standard InChI is InChI=1S/C14H25F3N2O/c1-9(2)13(3,8-18)19-12(20)10-4-6-11(7-5-10)14(15,16)17/h9-11H,4-8,18H2,1-3H3,(H,19,20). The fourth-order valence-electron chi connectivity index (χ4n) is 2.50. The van der Waals surface area contributed by atoms with Crippen LogP contribution in [0.2, 0.25) is 0 Å². The van der Waals surface area contributed by atoms with Crippen LogP contribution in [0.25, 0.3) is 0 Å². The molecule has 0 aromatic rings. The smallest absolute Gasteiger partial charge is 0.349 e. The van der Waals surface area contributed by atoms with Crippen molar-refractivity contribution in [2.45, 2.75) is 58.2 Å². The van der Waals surface area contributed by atoms with Crippen molar-refractivity contribution in [1.29, 1.82) is 0 Å². The summed E-state index contributed by atoms with van der Waals surface area (Å²) in [6.45, 7) is 6.12. The average Bonchev–Trinajstić information content (AvgIpc) is 2.37. The van der Waals surface area contributed by atoms with Crippen LogP contribution in [-0.4, -0.2) is 24.2 Å². The number of carbonyl (C=O) groups excluding carboxylic acids is 1. The Hall–Kier alpha value is -0.780. The maximum atomic E-state index is 12.6. The molecule has 1 fully saturated rings. The van der Waals surface area contributed by atoms with Gasteiger partial charge in [-0.2, -0.15) is 13.2 Å². The van der Waals surface area contributed by atoms with E-state index in [1.165, 1.54) is 0 Å². The van der Waals surface area contributed by atoms with E-state index in [-0.39, 0.29) is 30.6 Å². The molecule has 0 aromatic heterocycles. The minimum Gasteiger partial charge on any atom is -0.349 e. The monoisotopic (exact) mass is 294 g/mol. The number of halogens is 3. The molecule has 20 heavy (non-hydrogen) atoms. The Kier molecular flexibility index (Phi) is 5.46. The van der Waals surface area contributed by atoms with E-state index in [1.54, 1.807) is 0 Å². The lowest BCUT2D eigenvalue weighted by Crippen LogP contribution is -2.56. The summed E-state index contributed by atoms with van der Waals surface area (Å²) in [4.78, 5) is 12.2. The highest BCUT2D eigenvalue weighted by molar-refractivity contribution is 5.79. The Morgan fingerprint density at radius 1 is 1.25 bits per heavy atom. The Bertz CT molecular complexity index is 336. The van der Waals surface area contributed by atoms with Gasteiger partial charge in [0, 0.05) is 12.5 Å². The Morgan fingerprint density at radius 2 is 1.75 bits per heavy atom. The fourth-order valence-corrected chi connectivity index (χ4v) is 2.50. The largest absolute Gasteiger partial charge is 0.391 e. The van der Waals surface area contributed by atoms with E-state index >= 15 is 0 Å². The Labute approximate surface area is 118 Å². The van der Waals surface area contributed by atoms with E-state index in [1.807, 2.05) is 20.8 Å². The summed E-state index contributed by atoms with van der Waals surface area (Å²) >= 11 is 0. The van der Waals surface area contributed by atoms with Crippen LogP contribution in [0.3, 0.4) is 0 Å². The SMILES string of the molecule is CC(C)C(C)(CN)NC(=O)C1CCC(C(F)(F)F)CC1. The molecule has 3 N–H and O–H groups in total. The molecule has 1 aliphatic carbocycles. The van der Waals surface area contributed by atoms with Crippen molar-refractivity contribution in [3.63, 3.8) is 0 Å². The van der Waals surface area contributed by atoms with Gasteiger partial charge < -0.3 is 11.1 Å². The zero-order chi connectivity index (χ0) is 15.6. The molecule has 3 nitrogen and oxygen atoms in total. The van der Waals surface area contributed by atoms with E-state index in [0.717, 1.165) is 0 Å². The van der Waals surface area contributed by atoms with Gasteiger partial charge in [-0.25, -0.2) is 0 Å². The van der Waals surface area contributed by atoms with E-state index in [0.29, 0.717) is 19.4 Å². The molecular formula is C14H25F3N2O. The molecular weight excluding hydrogens is 269 g/mol. The zero-order valence-corrected chi connectivity index (χ0v) is 12.4. The minimum absolute atomic E-state index is 0.0443. The van der Waals surface area contributed by atoms with Crippen molar-refractivity contribution in [2.24, 2.45) is 23.5 Å². The third kappa shape index (κ3) is 4.11. The van der Waals surface area contributed by atoms with Gasteiger partial charge in [0.15, 0.2) is 0 Å². The molecule has 6 heteroatoms. The lowest BCUT2D eigenvalue weighted by Gasteiger charge is -2.36. The highest BCUT2D eigenvalue weighted by Gasteiger charge is 2.43. The molecule has 1 unspecified atom stereocenters. The van der Waals surface area contributed by atoms with Gasteiger partial charge in [0.25, 0.3) is 0 Å². The maximum absolute atomic E-state index is 12.6. The highest BCUT2D eigenvalue weighted by Crippen LogP contribution is 2.39. The van der Waals surface area contributed by atoms with Gasteiger partial charge in [-0.1, -0.05) is 13.8 Å². The van der Waals surface area contributed by atoms with Gasteiger partial charge >= 0.3 is 6.18 Å². The fraction of sp³-hybridized carbons (Fsp3) is 0.929. The van der Waals surface area contributed by atoms with Crippen LogP contribution < -0.4 is 11.1 Å². The normalized spacial score (nSPS) is 27.2. The van der Waals surface area contributed by atoms with E-state index in [4.69, 9.17) is 5.73 Å². The third-order valence-corrected chi connectivity index (χ3v) is 4.67. The molecule has 0 radical (unpaired) electrons. The van der Waals surface area contributed by atoms with Crippen molar-refractivity contribution in [3.05, 3.63) is 0 Å². The molecule has 0 saturated heterocycles. The molecule has 1 atom stereocenters. The van der Waals surface area contributed by atoms with Crippen molar-refractivity contribution in [3.8, 4) is 0 Å². The van der Waals surface area contributed by atoms with Gasteiger partial charge in [-0.15, -0.1) is 0 Å². The number of carbonyl (C=O) groups is 1. The second-order valence-corrected chi connectivity index (χ2v) is 6.36. The predicted molar refractivity (Wildman–Crippen MR) is 71.9 cm³/mol.